The molecule has 2 aromatic rings. The summed E-state index contributed by atoms with van der Waals surface area (Å²) in [5.41, 5.74) is 1.01. The van der Waals surface area contributed by atoms with Crippen molar-refractivity contribution in [2.45, 2.75) is 95.8 Å². The average Bonchev–Trinajstić information content (AvgIpc) is 3.12. The Balaban J connectivity index is 1.77. The van der Waals surface area contributed by atoms with Gasteiger partial charge >= 0.3 is 0 Å². The Hall–Kier alpha value is -2.21. The Morgan fingerprint density at radius 1 is 0.939 bits per heavy atom. The monoisotopic (exact) mass is 471 g/mol. The highest BCUT2D eigenvalue weighted by molar-refractivity contribution is 7.99. The molecule has 0 radical (unpaired) electrons. The quantitative estimate of drug-likeness (QED) is 0.143. The van der Waals surface area contributed by atoms with Crippen molar-refractivity contribution in [2.24, 2.45) is 0 Å². The standard InChI is InChI=1S/C27H41N3O2S/c1-4-5-6-7-8-9-10-11-12-13-14-18-21-33-24-25(28-26(31)22(2)3)29-30(27(24)32)23-19-16-15-17-20-23/h15-17,19-20,29H,2,4-14,18,21H2,1,3H3,(H,28,31). The Bertz CT molecular complexity index is 902. The number of aromatic amines is 1. The van der Waals surface area contributed by atoms with Crippen LogP contribution in [0.25, 0.3) is 5.69 Å². The van der Waals surface area contributed by atoms with Crippen molar-refractivity contribution in [1.29, 1.82) is 0 Å². The van der Waals surface area contributed by atoms with Crippen LogP contribution in [-0.2, 0) is 4.79 Å². The lowest BCUT2D eigenvalue weighted by Gasteiger charge is -2.05. The lowest BCUT2D eigenvalue weighted by molar-refractivity contribution is -0.112. The number of carbonyl (C=O) groups excluding carboxylic acids is 1. The number of carbonyl (C=O) groups is 1. The summed E-state index contributed by atoms with van der Waals surface area (Å²) in [6.07, 6.45) is 15.7. The Labute approximate surface area is 203 Å². The molecule has 0 spiro atoms. The predicted molar refractivity (Wildman–Crippen MR) is 142 cm³/mol. The number of thioether (sulfide) groups is 1. The van der Waals surface area contributed by atoms with Crippen molar-refractivity contribution in [3.05, 3.63) is 52.8 Å². The summed E-state index contributed by atoms with van der Waals surface area (Å²) in [5, 5.41) is 5.86. The number of hydrogen-bond acceptors (Lipinski definition) is 3. The maximum atomic E-state index is 13.0. The Morgan fingerprint density at radius 3 is 2.03 bits per heavy atom. The molecule has 0 aliphatic rings. The Kier molecular flexibility index (Phi) is 12.8. The number of hydrogen-bond donors (Lipinski definition) is 2. The maximum Gasteiger partial charge on any atom is 0.287 e. The molecule has 0 aliphatic carbocycles. The molecule has 1 amide bonds. The van der Waals surface area contributed by atoms with E-state index in [2.05, 4.69) is 23.9 Å². The van der Waals surface area contributed by atoms with Crippen molar-refractivity contribution >= 4 is 23.5 Å². The van der Waals surface area contributed by atoms with Crippen LogP contribution in [0.2, 0.25) is 0 Å². The molecule has 5 nitrogen and oxygen atoms in total. The molecule has 0 bridgehead atoms. The van der Waals surface area contributed by atoms with Gasteiger partial charge in [-0.2, -0.15) is 0 Å². The summed E-state index contributed by atoms with van der Waals surface area (Å²) in [6.45, 7) is 7.61. The molecule has 1 aromatic carbocycles. The molecular formula is C27H41N3O2S. The lowest BCUT2D eigenvalue weighted by Crippen LogP contribution is -2.15. The zero-order valence-corrected chi connectivity index (χ0v) is 21.3. The van der Waals surface area contributed by atoms with E-state index in [0.29, 0.717) is 16.3 Å². The van der Waals surface area contributed by atoms with Crippen LogP contribution in [0.3, 0.4) is 0 Å². The van der Waals surface area contributed by atoms with E-state index in [4.69, 9.17) is 0 Å². The van der Waals surface area contributed by atoms with Crippen LogP contribution >= 0.6 is 11.8 Å². The van der Waals surface area contributed by atoms with E-state index in [0.717, 1.165) is 17.9 Å². The van der Waals surface area contributed by atoms with E-state index in [1.165, 1.54) is 87.1 Å². The average molecular weight is 472 g/mol. The summed E-state index contributed by atoms with van der Waals surface area (Å²) < 4.78 is 1.48. The molecule has 0 saturated heterocycles. The van der Waals surface area contributed by atoms with Gasteiger partial charge in [0.15, 0.2) is 0 Å². The molecule has 33 heavy (non-hydrogen) atoms. The van der Waals surface area contributed by atoms with Crippen LogP contribution in [0.1, 0.15) is 90.9 Å². The topological polar surface area (TPSA) is 66.9 Å². The minimum Gasteiger partial charge on any atom is -0.306 e. The van der Waals surface area contributed by atoms with Gasteiger partial charge < -0.3 is 5.32 Å². The molecule has 1 aromatic heterocycles. The fourth-order valence-electron chi connectivity index (χ4n) is 3.74. The van der Waals surface area contributed by atoms with Crippen molar-refractivity contribution in [3.63, 3.8) is 0 Å². The van der Waals surface area contributed by atoms with Gasteiger partial charge in [0.05, 0.1) is 5.69 Å². The van der Waals surface area contributed by atoms with E-state index in [1.807, 2.05) is 30.3 Å². The number of nitrogens with one attached hydrogen (secondary N) is 2. The van der Waals surface area contributed by atoms with Gasteiger partial charge in [-0.3, -0.25) is 14.7 Å². The number of nitrogens with zero attached hydrogens (tertiary/aromatic N) is 1. The summed E-state index contributed by atoms with van der Waals surface area (Å²) in [7, 11) is 0. The van der Waals surface area contributed by atoms with E-state index in [1.54, 1.807) is 6.92 Å². The largest absolute Gasteiger partial charge is 0.306 e. The molecule has 2 N–H and O–H groups in total. The van der Waals surface area contributed by atoms with Crippen LogP contribution in [0.4, 0.5) is 5.82 Å². The van der Waals surface area contributed by atoms with E-state index in [-0.39, 0.29) is 11.5 Å². The zero-order valence-electron chi connectivity index (χ0n) is 20.5. The highest BCUT2D eigenvalue weighted by atomic mass is 32.2. The van der Waals surface area contributed by atoms with Gasteiger partial charge in [-0.15, -0.1) is 11.8 Å². The number of benzene rings is 1. The normalized spacial score (nSPS) is 11.0. The molecule has 0 saturated carbocycles. The van der Waals surface area contributed by atoms with Gasteiger partial charge in [0.2, 0.25) is 0 Å². The highest BCUT2D eigenvalue weighted by Gasteiger charge is 2.18. The number of anilines is 1. The van der Waals surface area contributed by atoms with Gasteiger partial charge in [0.1, 0.15) is 10.7 Å². The molecule has 0 fully saturated rings. The number of unbranched alkanes of at least 4 members (excludes halogenated alkanes) is 11. The molecule has 0 aliphatic heterocycles. The molecule has 0 unspecified atom stereocenters. The third-order valence-corrected chi connectivity index (χ3v) is 6.89. The lowest BCUT2D eigenvalue weighted by atomic mass is 10.1. The minimum absolute atomic E-state index is 0.137. The second-order valence-electron chi connectivity index (χ2n) is 8.76. The third-order valence-electron chi connectivity index (χ3n) is 5.73. The number of para-hydroxylation sites is 1. The molecule has 182 valence electrons. The number of H-pyrrole nitrogens is 1. The molecular weight excluding hydrogens is 430 g/mol. The number of amides is 1. The van der Waals surface area contributed by atoms with Crippen molar-refractivity contribution < 1.29 is 4.79 Å². The highest BCUT2D eigenvalue weighted by Crippen LogP contribution is 2.25. The number of aromatic nitrogens is 2. The first-order chi connectivity index (χ1) is 16.0. The van der Waals surface area contributed by atoms with Crippen molar-refractivity contribution in [3.8, 4) is 5.69 Å². The molecule has 0 atom stereocenters. The Morgan fingerprint density at radius 2 is 1.48 bits per heavy atom. The second-order valence-corrected chi connectivity index (χ2v) is 9.87. The zero-order chi connectivity index (χ0) is 23.9. The summed E-state index contributed by atoms with van der Waals surface area (Å²) in [5.74, 6) is 1.01. The third kappa shape index (κ3) is 9.66. The minimum atomic E-state index is -0.288. The molecule has 1 heterocycles. The number of rotatable bonds is 17. The first-order valence-electron chi connectivity index (χ1n) is 12.5. The van der Waals surface area contributed by atoms with Crippen LogP contribution in [-0.4, -0.2) is 21.4 Å². The van der Waals surface area contributed by atoms with Crippen LogP contribution in [0, 0.1) is 0 Å². The van der Waals surface area contributed by atoms with E-state index < -0.39 is 0 Å². The van der Waals surface area contributed by atoms with Gasteiger partial charge in [-0.05, 0) is 31.2 Å². The SMILES string of the molecule is C=C(C)C(=O)Nc1[nH]n(-c2ccccc2)c(=O)c1SCCCCCCCCCCCCCC. The molecule has 6 heteroatoms. The van der Waals surface area contributed by atoms with Gasteiger partial charge in [0, 0.05) is 5.57 Å². The smallest absolute Gasteiger partial charge is 0.287 e. The van der Waals surface area contributed by atoms with Crippen LogP contribution in [0.5, 0.6) is 0 Å². The van der Waals surface area contributed by atoms with Gasteiger partial charge in [0.25, 0.3) is 11.5 Å². The summed E-state index contributed by atoms with van der Waals surface area (Å²) in [6, 6.07) is 9.40. The summed E-state index contributed by atoms with van der Waals surface area (Å²) in [4.78, 5) is 25.7. The molecule has 2 rings (SSSR count). The fourth-order valence-corrected chi connectivity index (χ4v) is 4.75. The van der Waals surface area contributed by atoms with E-state index >= 15 is 0 Å². The summed E-state index contributed by atoms with van der Waals surface area (Å²) >= 11 is 1.52. The van der Waals surface area contributed by atoms with Crippen LogP contribution in [0.15, 0.2) is 52.2 Å². The predicted octanol–water partition coefficient (Wildman–Crippen LogP) is 7.47. The fraction of sp³-hybridized carbons (Fsp3) is 0.556. The second kappa shape index (κ2) is 15.6. The van der Waals surface area contributed by atoms with Gasteiger partial charge in [-0.25, -0.2) is 4.68 Å². The maximum absolute atomic E-state index is 13.0. The van der Waals surface area contributed by atoms with Crippen molar-refractivity contribution in [2.75, 3.05) is 11.1 Å². The first-order valence-corrected chi connectivity index (χ1v) is 13.5. The van der Waals surface area contributed by atoms with E-state index in [9.17, 15) is 9.59 Å². The first kappa shape index (κ1) is 27.0. The van der Waals surface area contributed by atoms with Crippen LogP contribution < -0.4 is 10.9 Å². The van der Waals surface area contributed by atoms with Crippen molar-refractivity contribution in [1.82, 2.24) is 9.78 Å². The van der Waals surface area contributed by atoms with Gasteiger partial charge in [-0.1, -0.05) is 102 Å².